The van der Waals surface area contributed by atoms with Gasteiger partial charge in [-0.25, -0.2) is 4.79 Å². The molecule has 3 aromatic rings. The van der Waals surface area contributed by atoms with Gasteiger partial charge in [-0.1, -0.05) is 24.3 Å². The summed E-state index contributed by atoms with van der Waals surface area (Å²) in [4.78, 5) is 25.4. The van der Waals surface area contributed by atoms with E-state index in [1.165, 1.54) is 5.56 Å². The molecule has 3 heterocycles. The first-order valence-corrected chi connectivity index (χ1v) is 10.8. The molecule has 160 valence electrons. The first kappa shape index (κ1) is 21.0. The van der Waals surface area contributed by atoms with Gasteiger partial charge in [0, 0.05) is 62.9 Å². The second-order valence-corrected chi connectivity index (χ2v) is 7.90. The van der Waals surface area contributed by atoms with Crippen LogP contribution >= 0.6 is 0 Å². The molecular weight excluding hydrogens is 388 g/mol. The van der Waals surface area contributed by atoms with Crippen LogP contribution in [0, 0.1) is 6.92 Å². The second-order valence-electron chi connectivity index (χ2n) is 7.90. The first-order valence-electron chi connectivity index (χ1n) is 10.8. The van der Waals surface area contributed by atoms with Gasteiger partial charge < -0.3 is 9.64 Å². The van der Waals surface area contributed by atoms with E-state index in [-0.39, 0.29) is 6.09 Å². The lowest BCUT2D eigenvalue weighted by atomic mass is 10.1. The Morgan fingerprint density at radius 1 is 0.968 bits per heavy atom. The zero-order valence-corrected chi connectivity index (χ0v) is 17.9. The Kier molecular flexibility index (Phi) is 6.89. The van der Waals surface area contributed by atoms with Gasteiger partial charge in [-0.05, 0) is 54.8 Å². The lowest BCUT2D eigenvalue weighted by molar-refractivity contribution is 0.111. The summed E-state index contributed by atoms with van der Waals surface area (Å²) in [6, 6.07) is 17.8. The topological polar surface area (TPSA) is 58.6 Å². The Labute approximate surface area is 183 Å². The van der Waals surface area contributed by atoms with E-state index >= 15 is 0 Å². The molecule has 1 fully saturated rings. The monoisotopic (exact) mass is 416 g/mol. The van der Waals surface area contributed by atoms with Crippen molar-refractivity contribution in [3.8, 4) is 5.75 Å². The molecule has 6 nitrogen and oxygen atoms in total. The summed E-state index contributed by atoms with van der Waals surface area (Å²) < 4.78 is 5.59. The number of ether oxygens (including phenoxy) is 1. The van der Waals surface area contributed by atoms with Crippen molar-refractivity contribution in [1.82, 2.24) is 19.8 Å². The maximum Gasteiger partial charge on any atom is 0.415 e. The van der Waals surface area contributed by atoms with E-state index in [4.69, 9.17) is 4.74 Å². The third-order valence-corrected chi connectivity index (χ3v) is 5.53. The smallest absolute Gasteiger partial charge is 0.410 e. The third kappa shape index (κ3) is 6.12. The van der Waals surface area contributed by atoms with E-state index in [9.17, 15) is 4.79 Å². The summed E-state index contributed by atoms with van der Waals surface area (Å²) in [5, 5.41) is 0. The van der Waals surface area contributed by atoms with E-state index in [1.54, 1.807) is 11.1 Å². The van der Waals surface area contributed by atoms with Crippen LogP contribution < -0.4 is 4.74 Å². The largest absolute Gasteiger partial charge is 0.415 e. The molecular formula is C25H28N4O2. The van der Waals surface area contributed by atoms with Gasteiger partial charge in [-0.15, -0.1) is 0 Å². The molecule has 0 aliphatic carbocycles. The molecule has 0 saturated carbocycles. The molecule has 31 heavy (non-hydrogen) atoms. The van der Waals surface area contributed by atoms with Gasteiger partial charge in [0.05, 0.1) is 0 Å². The molecule has 0 radical (unpaired) electrons. The molecule has 0 spiro atoms. The molecule has 1 amide bonds. The number of carbonyl (C=O) groups excluding carboxylic acids is 1. The molecule has 0 unspecified atom stereocenters. The van der Waals surface area contributed by atoms with E-state index < -0.39 is 0 Å². The number of aromatic nitrogens is 2. The predicted octanol–water partition coefficient (Wildman–Crippen LogP) is 3.73. The highest BCUT2D eigenvalue weighted by Crippen LogP contribution is 2.16. The van der Waals surface area contributed by atoms with Crippen molar-refractivity contribution < 1.29 is 9.53 Å². The fraction of sp³-hybridized carbons (Fsp3) is 0.320. The van der Waals surface area contributed by atoms with Gasteiger partial charge in [0.2, 0.25) is 0 Å². The molecule has 6 heteroatoms. The molecule has 0 bridgehead atoms. The quantitative estimate of drug-likeness (QED) is 0.613. The van der Waals surface area contributed by atoms with Crippen molar-refractivity contribution in [3.63, 3.8) is 0 Å². The van der Waals surface area contributed by atoms with Gasteiger partial charge in [0.1, 0.15) is 5.75 Å². The standard InChI is InChI=1S/C25H28N4O2/c1-20-4-2-6-23(27-20)18-21-7-9-24(10-8-21)31-25(30)29-16-14-28(15-17-29)13-11-22-5-3-12-26-19-22/h2-10,12,19H,11,13-18H2,1H3. The van der Waals surface area contributed by atoms with Crippen LogP contribution in [0.3, 0.4) is 0 Å². The minimum Gasteiger partial charge on any atom is -0.410 e. The van der Waals surface area contributed by atoms with Gasteiger partial charge in [-0.3, -0.25) is 14.9 Å². The molecule has 1 aromatic carbocycles. The SMILES string of the molecule is Cc1cccc(Cc2ccc(OC(=O)N3CCN(CCc4cccnc4)CC3)cc2)n1. The number of carbonyl (C=O) groups is 1. The van der Waals surface area contributed by atoms with Gasteiger partial charge in [0.25, 0.3) is 0 Å². The van der Waals surface area contributed by atoms with Crippen molar-refractivity contribution in [1.29, 1.82) is 0 Å². The number of hydrogen-bond acceptors (Lipinski definition) is 5. The predicted molar refractivity (Wildman–Crippen MR) is 120 cm³/mol. The minimum atomic E-state index is -0.278. The van der Waals surface area contributed by atoms with Crippen LogP contribution in [-0.2, 0) is 12.8 Å². The van der Waals surface area contributed by atoms with Gasteiger partial charge >= 0.3 is 6.09 Å². The summed E-state index contributed by atoms with van der Waals surface area (Å²) in [5.41, 5.74) is 4.43. The summed E-state index contributed by atoms with van der Waals surface area (Å²) in [7, 11) is 0. The van der Waals surface area contributed by atoms with Crippen LogP contribution in [0.25, 0.3) is 0 Å². The van der Waals surface area contributed by atoms with Crippen molar-refractivity contribution >= 4 is 6.09 Å². The van der Waals surface area contributed by atoms with Crippen molar-refractivity contribution in [3.05, 3.63) is 89.5 Å². The van der Waals surface area contributed by atoms with Crippen LogP contribution in [0.1, 0.15) is 22.5 Å². The first-order chi connectivity index (χ1) is 15.2. The Balaban J connectivity index is 1.22. The fourth-order valence-corrected chi connectivity index (χ4v) is 3.74. The van der Waals surface area contributed by atoms with E-state index in [0.29, 0.717) is 18.8 Å². The molecule has 4 rings (SSSR count). The number of nitrogens with zero attached hydrogens (tertiary/aromatic N) is 4. The average Bonchev–Trinajstić information content (AvgIpc) is 2.80. The number of piperazine rings is 1. The number of pyridine rings is 2. The van der Waals surface area contributed by atoms with Crippen LogP contribution in [0.5, 0.6) is 5.75 Å². The van der Waals surface area contributed by atoms with Gasteiger partial charge in [0.15, 0.2) is 0 Å². The molecule has 0 atom stereocenters. The van der Waals surface area contributed by atoms with Gasteiger partial charge in [-0.2, -0.15) is 0 Å². The van der Waals surface area contributed by atoms with E-state index in [2.05, 4.69) is 20.9 Å². The third-order valence-electron chi connectivity index (χ3n) is 5.53. The van der Waals surface area contributed by atoms with E-state index in [0.717, 1.165) is 49.4 Å². The molecule has 2 aromatic heterocycles. The Morgan fingerprint density at radius 2 is 1.77 bits per heavy atom. The number of amides is 1. The van der Waals surface area contributed by atoms with Crippen molar-refractivity contribution in [2.75, 3.05) is 32.7 Å². The van der Waals surface area contributed by atoms with Crippen molar-refractivity contribution in [2.45, 2.75) is 19.8 Å². The summed E-state index contributed by atoms with van der Waals surface area (Å²) in [6.45, 7) is 6.06. The minimum absolute atomic E-state index is 0.278. The van der Waals surface area contributed by atoms with Crippen molar-refractivity contribution in [2.24, 2.45) is 0 Å². The fourth-order valence-electron chi connectivity index (χ4n) is 3.74. The van der Waals surface area contributed by atoms with Crippen LogP contribution in [0.4, 0.5) is 4.79 Å². The zero-order chi connectivity index (χ0) is 21.5. The summed E-state index contributed by atoms with van der Waals surface area (Å²) in [6.07, 6.45) is 5.17. The molecule has 1 aliphatic rings. The average molecular weight is 417 g/mol. The second kappa shape index (κ2) is 10.2. The molecule has 1 saturated heterocycles. The lowest BCUT2D eigenvalue weighted by Crippen LogP contribution is -2.49. The maximum atomic E-state index is 12.5. The van der Waals surface area contributed by atoms with Crippen LogP contribution in [0.2, 0.25) is 0 Å². The van der Waals surface area contributed by atoms with Crippen LogP contribution in [-0.4, -0.2) is 58.6 Å². The van der Waals surface area contributed by atoms with Crippen LogP contribution in [0.15, 0.2) is 67.0 Å². The van der Waals surface area contributed by atoms with E-state index in [1.807, 2.05) is 61.7 Å². The number of rotatable bonds is 6. The summed E-state index contributed by atoms with van der Waals surface area (Å²) >= 11 is 0. The number of aryl methyl sites for hydroxylation is 1. The molecule has 1 aliphatic heterocycles. The Bertz CT molecular complexity index is 984. The maximum absolute atomic E-state index is 12.5. The Hall–Kier alpha value is -3.25. The molecule has 0 N–H and O–H groups in total. The zero-order valence-electron chi connectivity index (χ0n) is 17.9. The Morgan fingerprint density at radius 3 is 2.48 bits per heavy atom. The lowest BCUT2D eigenvalue weighted by Gasteiger charge is -2.34. The highest BCUT2D eigenvalue weighted by atomic mass is 16.6. The highest BCUT2D eigenvalue weighted by Gasteiger charge is 2.22. The normalized spacial score (nSPS) is 14.4. The number of hydrogen-bond donors (Lipinski definition) is 0. The summed E-state index contributed by atoms with van der Waals surface area (Å²) in [5.74, 6) is 0.574. The highest BCUT2D eigenvalue weighted by molar-refractivity contribution is 5.70. The number of benzene rings is 1.